The number of ether oxygens (including phenoxy) is 3. The molecule has 0 unspecified atom stereocenters. The molecule has 2 aromatic rings. The van der Waals surface area contributed by atoms with Gasteiger partial charge in [-0.3, -0.25) is 10.2 Å². The monoisotopic (exact) mass is 546 g/mol. The van der Waals surface area contributed by atoms with E-state index in [2.05, 4.69) is 36.1 Å². The molecule has 9 heteroatoms. The van der Waals surface area contributed by atoms with Crippen molar-refractivity contribution in [2.24, 2.45) is 16.0 Å². The largest absolute Gasteiger partial charge is 0.493 e. The number of hydrazone groups is 1. The highest BCUT2D eigenvalue weighted by atomic mass is 32.2. The Morgan fingerprint density at radius 1 is 1.08 bits per heavy atom. The van der Waals surface area contributed by atoms with Gasteiger partial charge in [0.1, 0.15) is 24.0 Å². The number of thioether (sulfide) groups is 1. The molecule has 3 aliphatic rings. The van der Waals surface area contributed by atoms with Crippen LogP contribution in [0.4, 0.5) is 0 Å². The highest BCUT2D eigenvalue weighted by Crippen LogP contribution is 2.36. The van der Waals surface area contributed by atoms with E-state index < -0.39 is 5.91 Å². The van der Waals surface area contributed by atoms with Gasteiger partial charge in [0.15, 0.2) is 17.3 Å². The van der Waals surface area contributed by atoms with E-state index in [-0.39, 0.29) is 11.4 Å². The molecule has 2 aliphatic heterocycles. The van der Waals surface area contributed by atoms with Crippen molar-refractivity contribution in [1.29, 1.82) is 5.41 Å². The molecule has 0 spiro atoms. The number of methoxy groups -OCH3 is 1. The Morgan fingerprint density at radius 3 is 2.64 bits per heavy atom. The summed E-state index contributed by atoms with van der Waals surface area (Å²) in [5.41, 5.74) is 3.31. The Bertz CT molecular complexity index is 1360. The van der Waals surface area contributed by atoms with Crippen LogP contribution in [0.1, 0.15) is 55.7 Å². The third kappa shape index (κ3) is 6.19. The number of amides is 1. The van der Waals surface area contributed by atoms with Gasteiger partial charge in [0.05, 0.1) is 12.7 Å². The summed E-state index contributed by atoms with van der Waals surface area (Å²) in [6.07, 6.45) is 8.46. The Balaban J connectivity index is 1.24. The zero-order valence-electron chi connectivity index (χ0n) is 22.7. The van der Waals surface area contributed by atoms with Crippen molar-refractivity contribution in [2.45, 2.75) is 52.4 Å². The minimum absolute atomic E-state index is 0.0436. The van der Waals surface area contributed by atoms with Gasteiger partial charge in [0.2, 0.25) is 5.17 Å². The van der Waals surface area contributed by atoms with Crippen LogP contribution in [0, 0.1) is 18.3 Å². The average molecular weight is 547 g/mol. The van der Waals surface area contributed by atoms with Crippen molar-refractivity contribution in [3.63, 3.8) is 0 Å². The van der Waals surface area contributed by atoms with Crippen LogP contribution in [0.25, 0.3) is 6.08 Å². The van der Waals surface area contributed by atoms with E-state index in [0.29, 0.717) is 41.4 Å². The molecule has 0 bridgehead atoms. The molecular weight excluding hydrogens is 512 g/mol. The maximum Gasteiger partial charge on any atom is 0.283 e. The molecular formula is C30H34N4O4S. The van der Waals surface area contributed by atoms with Crippen LogP contribution >= 0.6 is 11.8 Å². The number of aryl methyl sites for hydroxylation is 2. The van der Waals surface area contributed by atoms with Gasteiger partial charge < -0.3 is 14.2 Å². The number of carbonyl (C=O) groups excluding carboxylic acids is 1. The minimum atomic E-state index is -0.433. The second kappa shape index (κ2) is 12.1. The molecule has 1 fully saturated rings. The first kappa shape index (κ1) is 27.0. The third-order valence-corrected chi connectivity index (χ3v) is 8.12. The van der Waals surface area contributed by atoms with Crippen molar-refractivity contribution in [3.8, 4) is 17.2 Å². The van der Waals surface area contributed by atoms with Crippen LogP contribution in [0.3, 0.4) is 0 Å². The van der Waals surface area contributed by atoms with Gasteiger partial charge in [-0.05, 0) is 85.0 Å². The number of hydrogen-bond acceptors (Lipinski definition) is 7. The maximum atomic E-state index is 12.9. The molecule has 0 radical (unpaired) electrons. The standard InChI is InChI=1S/C30H34N4O4S/c1-4-20-14-19(2)15-23(16-20)37-12-13-38-25-11-10-21(18-26(25)36-3)17-24-27(31)34-30(32-28(24)35)39-29(33-34)22-8-6-5-7-9-22/h10-11,14-18,22,31H,4-9,12-13H2,1-3H3. The predicted molar refractivity (Wildman–Crippen MR) is 156 cm³/mol. The number of benzene rings is 2. The SMILES string of the molecule is CCc1cc(C)cc(OCCOc2ccc(C=C3C(=N)N4N=C(C5CCCCC5)SC4=NC3=O)cc2OC)c1. The lowest BCUT2D eigenvalue weighted by molar-refractivity contribution is -0.114. The van der Waals surface area contributed by atoms with E-state index in [1.807, 2.05) is 12.1 Å². The van der Waals surface area contributed by atoms with E-state index in [1.54, 1.807) is 25.3 Å². The molecule has 1 aliphatic carbocycles. The van der Waals surface area contributed by atoms with Gasteiger partial charge in [-0.15, -0.1) is 0 Å². The van der Waals surface area contributed by atoms with Crippen molar-refractivity contribution in [1.82, 2.24) is 5.01 Å². The summed E-state index contributed by atoms with van der Waals surface area (Å²) in [5, 5.41) is 16.3. The summed E-state index contributed by atoms with van der Waals surface area (Å²) in [5.74, 6) is 1.94. The van der Waals surface area contributed by atoms with Crippen molar-refractivity contribution in [3.05, 3.63) is 58.7 Å². The molecule has 39 heavy (non-hydrogen) atoms. The van der Waals surface area contributed by atoms with Gasteiger partial charge in [0, 0.05) is 5.92 Å². The fraction of sp³-hybridized carbons (Fsp3) is 0.400. The molecule has 2 aromatic carbocycles. The van der Waals surface area contributed by atoms with E-state index in [0.717, 1.165) is 30.1 Å². The zero-order valence-corrected chi connectivity index (χ0v) is 23.5. The summed E-state index contributed by atoms with van der Waals surface area (Å²) < 4.78 is 17.4. The molecule has 0 aromatic heterocycles. The van der Waals surface area contributed by atoms with Gasteiger partial charge >= 0.3 is 0 Å². The van der Waals surface area contributed by atoms with Crippen LogP contribution < -0.4 is 14.2 Å². The lowest BCUT2D eigenvalue weighted by atomic mass is 9.90. The number of nitrogens with zero attached hydrogens (tertiary/aromatic N) is 3. The smallest absolute Gasteiger partial charge is 0.283 e. The van der Waals surface area contributed by atoms with Crippen molar-refractivity contribution in [2.75, 3.05) is 20.3 Å². The summed E-state index contributed by atoms with van der Waals surface area (Å²) in [4.78, 5) is 17.1. The molecule has 5 rings (SSSR count). The van der Waals surface area contributed by atoms with Gasteiger partial charge in [-0.1, -0.05) is 38.3 Å². The average Bonchev–Trinajstić information content (AvgIpc) is 3.38. The Kier molecular flexibility index (Phi) is 8.35. The normalized spacial score (nSPS) is 18.6. The number of amidine groups is 2. The number of fused-ring (bicyclic) bond motifs is 1. The van der Waals surface area contributed by atoms with Gasteiger partial charge in [-0.2, -0.15) is 15.1 Å². The molecule has 1 N–H and O–H groups in total. The molecule has 0 atom stereocenters. The van der Waals surface area contributed by atoms with Gasteiger partial charge in [0.25, 0.3) is 5.91 Å². The second-order valence-electron chi connectivity index (χ2n) is 9.91. The van der Waals surface area contributed by atoms with E-state index in [1.165, 1.54) is 47.2 Å². The molecule has 2 heterocycles. The first-order chi connectivity index (χ1) is 18.9. The molecule has 0 saturated heterocycles. The van der Waals surface area contributed by atoms with Crippen LogP contribution in [0.5, 0.6) is 17.2 Å². The first-order valence-corrected chi connectivity index (χ1v) is 14.3. The van der Waals surface area contributed by atoms with Gasteiger partial charge in [-0.25, -0.2) is 0 Å². The second-order valence-corrected chi connectivity index (χ2v) is 10.9. The Morgan fingerprint density at radius 2 is 1.87 bits per heavy atom. The lowest BCUT2D eigenvalue weighted by Gasteiger charge is -2.20. The number of aliphatic imine (C=N–C) groups is 1. The predicted octanol–water partition coefficient (Wildman–Crippen LogP) is 6.22. The third-order valence-electron chi connectivity index (χ3n) is 7.05. The van der Waals surface area contributed by atoms with Crippen molar-refractivity contribution >= 4 is 39.8 Å². The molecule has 1 amide bonds. The zero-order chi connectivity index (χ0) is 27.4. The van der Waals surface area contributed by atoms with Crippen LogP contribution in [0.2, 0.25) is 0 Å². The molecule has 8 nitrogen and oxygen atoms in total. The quantitative estimate of drug-likeness (QED) is 0.296. The first-order valence-electron chi connectivity index (χ1n) is 13.5. The van der Waals surface area contributed by atoms with Crippen LogP contribution in [0.15, 0.2) is 52.1 Å². The summed E-state index contributed by atoms with van der Waals surface area (Å²) in [6, 6.07) is 11.6. The van der Waals surface area contributed by atoms with E-state index >= 15 is 0 Å². The topological polar surface area (TPSA) is 96.6 Å². The number of carbonyl (C=O) groups is 1. The van der Waals surface area contributed by atoms with Crippen LogP contribution in [-0.2, 0) is 11.2 Å². The Labute approximate surface area is 233 Å². The van der Waals surface area contributed by atoms with E-state index in [4.69, 9.17) is 19.6 Å². The molecule has 204 valence electrons. The summed E-state index contributed by atoms with van der Waals surface area (Å²) in [6.45, 7) is 4.92. The molecule has 1 saturated carbocycles. The van der Waals surface area contributed by atoms with Crippen molar-refractivity contribution < 1.29 is 19.0 Å². The summed E-state index contributed by atoms with van der Waals surface area (Å²) in [7, 11) is 1.57. The fourth-order valence-corrected chi connectivity index (χ4v) is 6.06. The lowest BCUT2D eigenvalue weighted by Crippen LogP contribution is -2.35. The maximum absolute atomic E-state index is 12.9. The Hall–Kier alpha value is -3.59. The number of nitrogens with one attached hydrogen (secondary N) is 1. The van der Waals surface area contributed by atoms with Crippen LogP contribution in [-0.4, -0.2) is 47.3 Å². The van der Waals surface area contributed by atoms with E-state index in [9.17, 15) is 4.79 Å². The highest BCUT2D eigenvalue weighted by Gasteiger charge is 2.38. The number of rotatable bonds is 9. The minimum Gasteiger partial charge on any atom is -0.493 e. The highest BCUT2D eigenvalue weighted by molar-refractivity contribution is 8.27. The number of hydrogen-bond donors (Lipinski definition) is 1. The summed E-state index contributed by atoms with van der Waals surface area (Å²) >= 11 is 1.43. The fourth-order valence-electron chi connectivity index (χ4n) is 5.00.